The molecule has 0 bridgehead atoms. The molecule has 0 aliphatic carbocycles. The lowest BCUT2D eigenvalue weighted by Crippen LogP contribution is -2.55. The highest BCUT2D eigenvalue weighted by Gasteiger charge is 2.33. The number of anilines is 2. The van der Waals surface area contributed by atoms with Gasteiger partial charge in [0.05, 0.1) is 30.8 Å². The molecule has 1 aromatic heterocycles. The van der Waals surface area contributed by atoms with Gasteiger partial charge in [0.25, 0.3) is 5.91 Å². The highest BCUT2D eigenvalue weighted by molar-refractivity contribution is 5.95. The molecule has 1 fully saturated rings. The summed E-state index contributed by atoms with van der Waals surface area (Å²) in [6.07, 6.45) is 1.000. The average Bonchev–Trinajstić information content (AvgIpc) is 3.02. The number of fused-ring (bicyclic) bond motifs is 2. The Bertz CT molecular complexity index is 1600. The molecular formula is C32H35N7O4. The van der Waals surface area contributed by atoms with Crippen molar-refractivity contribution in [1.82, 2.24) is 20.5 Å². The van der Waals surface area contributed by atoms with Crippen molar-refractivity contribution in [2.45, 2.75) is 38.4 Å². The lowest BCUT2D eigenvalue weighted by Gasteiger charge is -2.43. The second-order valence-corrected chi connectivity index (χ2v) is 10.9. The second kappa shape index (κ2) is 12.8. The molecule has 2 unspecified atom stereocenters. The largest absolute Gasteiger partial charge is 0.465 e. The van der Waals surface area contributed by atoms with Gasteiger partial charge in [0.2, 0.25) is 5.91 Å². The van der Waals surface area contributed by atoms with Gasteiger partial charge < -0.3 is 30.4 Å². The van der Waals surface area contributed by atoms with Crippen molar-refractivity contribution in [2.24, 2.45) is 0 Å². The number of nitriles is 1. The number of nitrogens with one attached hydrogen (secondary N) is 2. The number of rotatable bonds is 8. The maximum atomic E-state index is 13.4. The number of carbonyl (C=O) groups excluding carboxylic acids is 2. The second-order valence-electron chi connectivity index (χ2n) is 10.9. The fourth-order valence-corrected chi connectivity index (χ4v) is 5.96. The van der Waals surface area contributed by atoms with E-state index in [4.69, 9.17) is 10.1 Å². The predicted octanol–water partition coefficient (Wildman–Crippen LogP) is 3.30. The third kappa shape index (κ3) is 6.38. The molecule has 2 aliphatic heterocycles. The lowest BCUT2D eigenvalue weighted by molar-refractivity contribution is -0.128. The number of carbonyl (C=O) groups is 3. The summed E-state index contributed by atoms with van der Waals surface area (Å²) in [5, 5.41) is 25.9. The summed E-state index contributed by atoms with van der Waals surface area (Å²) in [5.74, 6) is -0.605. The average molecular weight is 582 g/mol. The van der Waals surface area contributed by atoms with Gasteiger partial charge in [-0.25, -0.2) is 9.78 Å². The van der Waals surface area contributed by atoms with Gasteiger partial charge in [-0.05, 0) is 36.9 Å². The van der Waals surface area contributed by atoms with Crippen molar-refractivity contribution in [3.8, 4) is 6.07 Å². The van der Waals surface area contributed by atoms with E-state index >= 15 is 0 Å². The van der Waals surface area contributed by atoms with Crippen molar-refractivity contribution in [3.05, 3.63) is 78.1 Å². The van der Waals surface area contributed by atoms with Crippen molar-refractivity contribution in [2.75, 3.05) is 42.5 Å². The zero-order chi connectivity index (χ0) is 30.5. The Kier molecular flexibility index (Phi) is 8.76. The summed E-state index contributed by atoms with van der Waals surface area (Å²) in [6.45, 7) is 8.05. The first-order valence-corrected chi connectivity index (χ1v) is 14.4. The predicted molar refractivity (Wildman–Crippen MR) is 164 cm³/mol. The normalized spacial score (nSPS) is 17.0. The number of nitrogens with zero attached hydrogens (tertiary/aromatic N) is 5. The van der Waals surface area contributed by atoms with Crippen molar-refractivity contribution in [3.63, 3.8) is 0 Å². The molecule has 2 atom stereocenters. The van der Waals surface area contributed by atoms with Gasteiger partial charge in [0, 0.05) is 61.1 Å². The van der Waals surface area contributed by atoms with Crippen LogP contribution in [0.4, 0.5) is 16.2 Å². The van der Waals surface area contributed by atoms with E-state index in [1.807, 2.05) is 18.2 Å². The zero-order valence-corrected chi connectivity index (χ0v) is 24.1. The topological polar surface area (TPSA) is 142 Å². The highest BCUT2D eigenvalue weighted by atomic mass is 16.4. The van der Waals surface area contributed by atoms with E-state index in [0.29, 0.717) is 32.6 Å². The van der Waals surface area contributed by atoms with Crippen LogP contribution in [0.2, 0.25) is 0 Å². The minimum absolute atomic E-state index is 0.0584. The molecule has 3 aromatic rings. The van der Waals surface area contributed by atoms with Crippen LogP contribution in [0, 0.1) is 11.3 Å². The molecule has 43 heavy (non-hydrogen) atoms. The molecule has 2 aromatic carbocycles. The van der Waals surface area contributed by atoms with Crippen LogP contribution in [0.3, 0.4) is 0 Å². The van der Waals surface area contributed by atoms with E-state index in [0.717, 1.165) is 39.9 Å². The number of piperazine rings is 1. The molecule has 0 saturated carbocycles. The Morgan fingerprint density at radius 1 is 1.14 bits per heavy atom. The summed E-state index contributed by atoms with van der Waals surface area (Å²) in [7, 11) is 0. The first kappa shape index (κ1) is 29.4. The fraction of sp³-hybridized carbons (Fsp3) is 0.344. The Labute approximate surface area is 250 Å². The van der Waals surface area contributed by atoms with Gasteiger partial charge in [-0.2, -0.15) is 5.26 Å². The number of carboxylic acid groups (broad SMARTS) is 1. The Morgan fingerprint density at radius 3 is 2.70 bits per heavy atom. The van der Waals surface area contributed by atoms with Crippen molar-refractivity contribution < 1.29 is 19.5 Å². The van der Waals surface area contributed by atoms with E-state index in [1.165, 1.54) is 6.08 Å². The third-order valence-electron chi connectivity index (χ3n) is 8.04. The van der Waals surface area contributed by atoms with Crippen LogP contribution >= 0.6 is 0 Å². The molecule has 11 nitrogen and oxygen atoms in total. The number of pyridine rings is 1. The maximum Gasteiger partial charge on any atom is 0.404 e. The van der Waals surface area contributed by atoms with E-state index in [-0.39, 0.29) is 30.6 Å². The van der Waals surface area contributed by atoms with Gasteiger partial charge in [-0.1, -0.05) is 43.0 Å². The van der Waals surface area contributed by atoms with Gasteiger partial charge in [-0.15, -0.1) is 0 Å². The number of benzene rings is 2. The Balaban J connectivity index is 1.50. The van der Waals surface area contributed by atoms with Gasteiger partial charge in [-0.3, -0.25) is 9.59 Å². The zero-order valence-electron chi connectivity index (χ0n) is 24.1. The number of aromatic nitrogens is 1. The summed E-state index contributed by atoms with van der Waals surface area (Å²) in [5.41, 5.74) is 4.04. The molecule has 3 amide bonds. The summed E-state index contributed by atoms with van der Waals surface area (Å²) >= 11 is 0. The molecule has 222 valence electrons. The molecular weight excluding hydrogens is 546 g/mol. The minimum Gasteiger partial charge on any atom is -0.465 e. The monoisotopic (exact) mass is 581 g/mol. The molecule has 3 heterocycles. The number of amides is 3. The van der Waals surface area contributed by atoms with Crippen LogP contribution in [0.5, 0.6) is 0 Å². The van der Waals surface area contributed by atoms with Crippen LogP contribution in [0.15, 0.2) is 61.2 Å². The fourth-order valence-electron chi connectivity index (χ4n) is 5.96. The molecule has 5 rings (SSSR count). The third-order valence-corrected chi connectivity index (χ3v) is 8.04. The Morgan fingerprint density at radius 2 is 1.93 bits per heavy atom. The summed E-state index contributed by atoms with van der Waals surface area (Å²) in [4.78, 5) is 47.8. The summed E-state index contributed by atoms with van der Waals surface area (Å²) < 4.78 is 0. The molecule has 0 radical (unpaired) electrons. The first-order valence-electron chi connectivity index (χ1n) is 14.4. The van der Waals surface area contributed by atoms with Gasteiger partial charge >= 0.3 is 6.09 Å². The van der Waals surface area contributed by atoms with Crippen molar-refractivity contribution >= 4 is 40.1 Å². The van der Waals surface area contributed by atoms with E-state index in [2.05, 4.69) is 57.3 Å². The molecule has 0 spiro atoms. The Hall–Kier alpha value is -5.11. The lowest BCUT2D eigenvalue weighted by atomic mass is 9.98. The standard InChI is InChI=1S/C32H35N7O4/c1-3-30(40)39-16-15-38(19-23(39)11-13-33)29-17-26(31(41)35-21(2)18-34-32(42)43)36-27-20-37(14-12-25(27)29)28-10-6-8-22-7-4-5-9-24(22)28/h3-10,17,21,23,34H,1,11-12,14-16,18-20H2,2H3,(H,35,41)(H,42,43). The van der Waals surface area contributed by atoms with Crippen molar-refractivity contribution in [1.29, 1.82) is 5.26 Å². The van der Waals surface area contributed by atoms with Crippen LogP contribution in [0.1, 0.15) is 35.1 Å². The van der Waals surface area contributed by atoms with Crippen LogP contribution in [0.25, 0.3) is 10.8 Å². The van der Waals surface area contributed by atoms with Crippen LogP contribution in [-0.2, 0) is 17.8 Å². The molecule has 11 heteroatoms. The molecule has 2 aliphatic rings. The van der Waals surface area contributed by atoms with E-state index in [1.54, 1.807) is 17.9 Å². The minimum atomic E-state index is -1.16. The molecule has 1 saturated heterocycles. The van der Waals surface area contributed by atoms with Crippen LogP contribution in [-0.4, -0.2) is 77.7 Å². The van der Waals surface area contributed by atoms with Gasteiger partial charge in [0.15, 0.2) is 0 Å². The smallest absolute Gasteiger partial charge is 0.404 e. The maximum absolute atomic E-state index is 13.4. The molecule has 3 N–H and O–H groups in total. The summed E-state index contributed by atoms with van der Waals surface area (Å²) in [6, 6.07) is 17.7. The first-order chi connectivity index (χ1) is 20.8. The van der Waals surface area contributed by atoms with Crippen LogP contribution < -0.4 is 20.4 Å². The van der Waals surface area contributed by atoms with E-state index in [9.17, 15) is 19.6 Å². The van der Waals surface area contributed by atoms with E-state index < -0.39 is 18.0 Å². The SMILES string of the molecule is C=CC(=O)N1CCN(c2cc(C(=O)NC(C)CNC(=O)O)nc3c2CCN(c2cccc4ccccc24)C3)CC1CC#N. The number of hydrogen-bond acceptors (Lipinski definition) is 7. The number of hydrogen-bond donors (Lipinski definition) is 3. The quantitative estimate of drug-likeness (QED) is 0.344. The van der Waals surface area contributed by atoms with Gasteiger partial charge in [0.1, 0.15) is 5.69 Å². The highest BCUT2D eigenvalue weighted by Crippen LogP contribution is 2.35.